The topological polar surface area (TPSA) is 76.3 Å². The summed E-state index contributed by atoms with van der Waals surface area (Å²) < 4.78 is 31.2. The Morgan fingerprint density at radius 1 is 1.40 bits per heavy atom. The Hall–Kier alpha value is -0.950. The normalized spacial score (nSPS) is 22.9. The van der Waals surface area contributed by atoms with Gasteiger partial charge in [-0.25, -0.2) is 8.42 Å². The van der Waals surface area contributed by atoms with E-state index in [0.717, 1.165) is 25.7 Å². The largest absolute Gasteiger partial charge is 0.338 e. The highest BCUT2D eigenvalue weighted by molar-refractivity contribution is 7.89. The summed E-state index contributed by atoms with van der Waals surface area (Å²) in [5.41, 5.74) is 0. The highest BCUT2D eigenvalue weighted by atomic mass is 32.2. The van der Waals surface area contributed by atoms with Crippen LogP contribution >= 0.6 is 0 Å². The summed E-state index contributed by atoms with van der Waals surface area (Å²) in [6.45, 7) is 6.31. The Labute approximate surface area is 120 Å². The summed E-state index contributed by atoms with van der Waals surface area (Å²) in [5, 5.41) is 4.00. The molecule has 1 aromatic rings. The summed E-state index contributed by atoms with van der Waals surface area (Å²) in [5.74, 6) is 1.45. The molecule has 0 amide bonds. The van der Waals surface area contributed by atoms with Gasteiger partial charge in [-0.2, -0.15) is 9.29 Å². The van der Waals surface area contributed by atoms with E-state index in [1.807, 2.05) is 6.92 Å². The standard InChI is InChI=1S/C13H23N3O3S/c1-4-10(3)12-14-13(19-15-12)11-8-6-7-9-16(11)20(17,18)5-2/h10-11H,4-9H2,1-3H3/t10-,11-/m0/s1. The second-order valence-corrected chi connectivity index (χ2v) is 7.53. The maximum atomic E-state index is 12.2. The lowest BCUT2D eigenvalue weighted by atomic mass is 10.0. The molecule has 1 saturated heterocycles. The van der Waals surface area contributed by atoms with E-state index in [4.69, 9.17) is 4.52 Å². The van der Waals surface area contributed by atoms with E-state index in [9.17, 15) is 8.42 Å². The van der Waals surface area contributed by atoms with E-state index in [0.29, 0.717) is 18.3 Å². The van der Waals surface area contributed by atoms with Gasteiger partial charge < -0.3 is 4.52 Å². The van der Waals surface area contributed by atoms with Crippen LogP contribution in [0.3, 0.4) is 0 Å². The van der Waals surface area contributed by atoms with Gasteiger partial charge in [0, 0.05) is 12.5 Å². The first-order valence-corrected chi connectivity index (χ1v) is 8.93. The van der Waals surface area contributed by atoms with E-state index < -0.39 is 10.0 Å². The average Bonchev–Trinajstić information content (AvgIpc) is 2.96. The fourth-order valence-electron chi connectivity index (χ4n) is 2.42. The minimum atomic E-state index is -3.23. The van der Waals surface area contributed by atoms with Crippen molar-refractivity contribution in [1.82, 2.24) is 14.4 Å². The van der Waals surface area contributed by atoms with Crippen LogP contribution in [0.5, 0.6) is 0 Å². The number of aromatic nitrogens is 2. The van der Waals surface area contributed by atoms with Gasteiger partial charge >= 0.3 is 0 Å². The molecule has 20 heavy (non-hydrogen) atoms. The maximum absolute atomic E-state index is 12.2. The number of nitrogens with zero attached hydrogens (tertiary/aromatic N) is 3. The van der Waals surface area contributed by atoms with Crippen LogP contribution < -0.4 is 0 Å². The zero-order valence-corrected chi connectivity index (χ0v) is 13.2. The summed E-state index contributed by atoms with van der Waals surface area (Å²) in [7, 11) is -3.23. The first-order chi connectivity index (χ1) is 9.49. The second-order valence-electron chi connectivity index (χ2n) is 5.32. The van der Waals surface area contributed by atoms with Crippen molar-refractivity contribution in [3.05, 3.63) is 11.7 Å². The van der Waals surface area contributed by atoms with Crippen molar-refractivity contribution in [2.75, 3.05) is 12.3 Å². The molecule has 0 spiro atoms. The molecular weight excluding hydrogens is 278 g/mol. The molecule has 2 atom stereocenters. The van der Waals surface area contributed by atoms with Gasteiger partial charge in [-0.05, 0) is 26.2 Å². The van der Waals surface area contributed by atoms with Crippen LogP contribution in [0.15, 0.2) is 4.52 Å². The maximum Gasteiger partial charge on any atom is 0.245 e. The number of hydrogen-bond acceptors (Lipinski definition) is 5. The molecule has 2 rings (SSSR count). The molecule has 0 aliphatic carbocycles. The van der Waals surface area contributed by atoms with Gasteiger partial charge in [0.25, 0.3) is 0 Å². The number of sulfonamides is 1. The Bertz CT molecular complexity index is 541. The van der Waals surface area contributed by atoms with E-state index in [1.165, 1.54) is 4.31 Å². The van der Waals surface area contributed by atoms with Crippen LogP contribution in [0.2, 0.25) is 0 Å². The highest BCUT2D eigenvalue weighted by Gasteiger charge is 2.35. The van der Waals surface area contributed by atoms with Gasteiger partial charge in [0.2, 0.25) is 15.9 Å². The van der Waals surface area contributed by atoms with Gasteiger partial charge in [-0.3, -0.25) is 0 Å². The minimum Gasteiger partial charge on any atom is -0.338 e. The molecule has 0 unspecified atom stereocenters. The summed E-state index contributed by atoms with van der Waals surface area (Å²) in [4.78, 5) is 4.42. The quantitative estimate of drug-likeness (QED) is 0.835. The van der Waals surface area contributed by atoms with Crippen molar-refractivity contribution in [2.24, 2.45) is 0 Å². The Morgan fingerprint density at radius 3 is 2.80 bits per heavy atom. The molecule has 1 aromatic heterocycles. The number of rotatable bonds is 5. The number of hydrogen-bond donors (Lipinski definition) is 0. The van der Waals surface area contributed by atoms with Crippen LogP contribution in [-0.4, -0.2) is 35.2 Å². The molecule has 0 aromatic carbocycles. The van der Waals surface area contributed by atoms with Crippen molar-refractivity contribution in [3.8, 4) is 0 Å². The molecule has 114 valence electrons. The lowest BCUT2D eigenvalue weighted by Crippen LogP contribution is -2.39. The van der Waals surface area contributed by atoms with Crippen molar-refractivity contribution in [2.45, 2.75) is 58.4 Å². The molecule has 2 heterocycles. The van der Waals surface area contributed by atoms with Gasteiger partial charge in [0.15, 0.2) is 5.82 Å². The van der Waals surface area contributed by atoms with Crippen molar-refractivity contribution >= 4 is 10.0 Å². The van der Waals surface area contributed by atoms with Gasteiger partial charge in [0.1, 0.15) is 6.04 Å². The van der Waals surface area contributed by atoms with Crippen molar-refractivity contribution in [3.63, 3.8) is 0 Å². The molecule has 1 aliphatic rings. The molecular formula is C13H23N3O3S. The lowest BCUT2D eigenvalue weighted by molar-refractivity contribution is 0.204. The third-order valence-corrected chi connectivity index (χ3v) is 5.85. The average molecular weight is 301 g/mol. The van der Waals surface area contributed by atoms with E-state index in [-0.39, 0.29) is 17.7 Å². The molecule has 1 fully saturated rings. The highest BCUT2D eigenvalue weighted by Crippen LogP contribution is 2.33. The molecule has 0 N–H and O–H groups in total. The van der Waals surface area contributed by atoms with Crippen LogP contribution in [0, 0.1) is 0 Å². The fourth-order valence-corrected chi connectivity index (χ4v) is 3.74. The monoisotopic (exact) mass is 301 g/mol. The first-order valence-electron chi connectivity index (χ1n) is 7.32. The summed E-state index contributed by atoms with van der Waals surface area (Å²) in [6.07, 6.45) is 3.56. The predicted octanol–water partition coefficient (Wildman–Crippen LogP) is 2.46. The van der Waals surface area contributed by atoms with E-state index in [1.54, 1.807) is 6.92 Å². The third-order valence-electron chi connectivity index (χ3n) is 3.97. The Balaban J connectivity index is 2.26. The van der Waals surface area contributed by atoms with Gasteiger partial charge in [-0.15, -0.1) is 0 Å². The Kier molecular flexibility index (Phi) is 4.80. The SMILES string of the molecule is CC[C@H](C)c1noc([C@@H]2CCCCN2S(=O)(=O)CC)n1. The number of piperidine rings is 1. The molecule has 0 bridgehead atoms. The second kappa shape index (κ2) is 6.22. The zero-order valence-electron chi connectivity index (χ0n) is 12.4. The van der Waals surface area contributed by atoms with E-state index in [2.05, 4.69) is 17.1 Å². The molecule has 7 heteroatoms. The zero-order chi connectivity index (χ0) is 14.8. The minimum absolute atomic E-state index is 0.107. The van der Waals surface area contributed by atoms with E-state index >= 15 is 0 Å². The lowest BCUT2D eigenvalue weighted by Gasteiger charge is -2.31. The fraction of sp³-hybridized carbons (Fsp3) is 0.846. The smallest absolute Gasteiger partial charge is 0.245 e. The molecule has 6 nitrogen and oxygen atoms in total. The van der Waals surface area contributed by atoms with Crippen LogP contribution in [-0.2, 0) is 10.0 Å². The Morgan fingerprint density at radius 2 is 2.15 bits per heavy atom. The molecule has 1 aliphatic heterocycles. The van der Waals surface area contributed by atoms with Crippen molar-refractivity contribution in [1.29, 1.82) is 0 Å². The predicted molar refractivity (Wildman–Crippen MR) is 75.8 cm³/mol. The van der Waals surface area contributed by atoms with Crippen LogP contribution in [0.1, 0.15) is 70.1 Å². The molecule has 0 radical (unpaired) electrons. The molecule has 0 saturated carbocycles. The van der Waals surface area contributed by atoms with Gasteiger partial charge in [-0.1, -0.05) is 25.4 Å². The third kappa shape index (κ3) is 3.03. The van der Waals surface area contributed by atoms with Crippen LogP contribution in [0.25, 0.3) is 0 Å². The van der Waals surface area contributed by atoms with Crippen molar-refractivity contribution < 1.29 is 12.9 Å². The summed E-state index contributed by atoms with van der Waals surface area (Å²) in [6, 6.07) is -0.293. The first kappa shape index (κ1) is 15.4. The summed E-state index contributed by atoms with van der Waals surface area (Å²) >= 11 is 0. The van der Waals surface area contributed by atoms with Crippen LogP contribution in [0.4, 0.5) is 0 Å². The van der Waals surface area contributed by atoms with Gasteiger partial charge in [0.05, 0.1) is 5.75 Å².